The Kier molecular flexibility index (Phi) is 40.9. The number of carboxylic acid groups (broad SMARTS) is 1. The molecule has 2 atom stereocenters. The van der Waals surface area contributed by atoms with E-state index in [1.807, 2.05) is 0 Å². The number of carbonyl (C=O) groups excluding carboxylic acids is 3. The molecule has 0 saturated carbocycles. The van der Waals surface area contributed by atoms with Gasteiger partial charge in [0, 0.05) is 12.8 Å². The molecular weight excluding hydrogens is 717 g/mol. The van der Waals surface area contributed by atoms with Crippen molar-refractivity contribution in [1.82, 2.24) is 10.6 Å². The number of esters is 1. The number of aliphatic hydroxyl groups is 1. The van der Waals surface area contributed by atoms with Gasteiger partial charge in [-0.2, -0.15) is 0 Å². The third-order valence-electron chi connectivity index (χ3n) is 10.7. The molecule has 0 bridgehead atoms. The van der Waals surface area contributed by atoms with Crippen molar-refractivity contribution in [2.75, 3.05) is 13.2 Å². The number of hydrogen-bond acceptors (Lipinski definition) is 6. The number of allylic oxidation sites excluding steroid dienone is 4. The number of hydrogen-bond donors (Lipinski definition) is 4. The van der Waals surface area contributed by atoms with Gasteiger partial charge in [-0.1, -0.05) is 173 Å². The highest BCUT2D eigenvalue weighted by Gasteiger charge is 2.19. The average molecular weight is 805 g/mol. The van der Waals surface area contributed by atoms with Crippen LogP contribution in [0.4, 0.5) is 0 Å². The van der Waals surface area contributed by atoms with E-state index < -0.39 is 24.5 Å². The molecule has 9 heteroatoms. The van der Waals surface area contributed by atoms with Gasteiger partial charge >= 0.3 is 11.9 Å². The van der Waals surface area contributed by atoms with Gasteiger partial charge in [0.05, 0.1) is 13.2 Å². The van der Waals surface area contributed by atoms with Crippen molar-refractivity contribution in [2.45, 2.75) is 244 Å². The van der Waals surface area contributed by atoms with E-state index in [4.69, 9.17) is 14.9 Å². The fourth-order valence-electron chi connectivity index (χ4n) is 7.04. The van der Waals surface area contributed by atoms with E-state index in [0.29, 0.717) is 19.3 Å². The number of rotatable bonds is 43. The zero-order valence-electron chi connectivity index (χ0n) is 36.9. The molecule has 4 N–H and O–H groups in total. The third-order valence-corrected chi connectivity index (χ3v) is 10.7. The summed E-state index contributed by atoms with van der Waals surface area (Å²) in [6.07, 6.45) is 47.7. The minimum Gasteiger partial charge on any atom is -0.480 e. The van der Waals surface area contributed by atoms with Crippen LogP contribution in [0.25, 0.3) is 0 Å². The Bertz CT molecular complexity index is 1010. The molecule has 0 saturated heterocycles. The normalized spacial score (nSPS) is 12.6. The van der Waals surface area contributed by atoms with Crippen molar-refractivity contribution < 1.29 is 34.1 Å². The molecule has 332 valence electrons. The first-order valence-corrected chi connectivity index (χ1v) is 23.7. The number of carbonyl (C=O) groups is 4. The molecule has 0 aromatic carbocycles. The van der Waals surface area contributed by atoms with E-state index in [2.05, 4.69) is 48.8 Å². The molecule has 0 aliphatic carbocycles. The molecule has 0 heterocycles. The standard InChI is InChI=1S/C48H88N2O7/c1-3-5-7-9-11-13-15-17-18-19-20-21-23-25-27-32-36-40-47(54)57-43(37-33-29-26-24-22-16-14-12-10-8-6-4-2)38-34-30-28-31-35-39-45(52)49-41-46(53)50-44(42-51)48(55)56/h11,13,17-18,43-44,51H,3-10,12,14-16,19-42H2,1-2H3,(H,49,52)(H,50,53)(H,55,56)/b13-11-,18-17-. The van der Waals surface area contributed by atoms with Crippen molar-refractivity contribution in [3.05, 3.63) is 24.3 Å². The Hall–Kier alpha value is -2.68. The van der Waals surface area contributed by atoms with Gasteiger partial charge in [0.2, 0.25) is 11.8 Å². The number of aliphatic hydroxyl groups excluding tert-OH is 1. The van der Waals surface area contributed by atoms with Crippen LogP contribution in [0.15, 0.2) is 24.3 Å². The van der Waals surface area contributed by atoms with Gasteiger partial charge in [-0.05, 0) is 70.6 Å². The maximum Gasteiger partial charge on any atom is 0.328 e. The fourth-order valence-corrected chi connectivity index (χ4v) is 7.04. The van der Waals surface area contributed by atoms with E-state index in [1.54, 1.807) is 0 Å². The Balaban J connectivity index is 4.29. The molecule has 0 spiro atoms. The number of carboxylic acids is 1. The summed E-state index contributed by atoms with van der Waals surface area (Å²) >= 11 is 0. The predicted octanol–water partition coefficient (Wildman–Crippen LogP) is 12.0. The fraction of sp³-hybridized carbons (Fsp3) is 0.833. The maximum atomic E-state index is 12.8. The van der Waals surface area contributed by atoms with Crippen LogP contribution in [0.2, 0.25) is 0 Å². The molecule has 0 aliphatic rings. The molecule has 0 radical (unpaired) electrons. The van der Waals surface area contributed by atoms with Gasteiger partial charge in [-0.25, -0.2) is 4.79 Å². The van der Waals surface area contributed by atoms with Crippen molar-refractivity contribution in [3.8, 4) is 0 Å². The highest BCUT2D eigenvalue weighted by Crippen LogP contribution is 2.19. The topological polar surface area (TPSA) is 142 Å². The van der Waals surface area contributed by atoms with Crippen LogP contribution in [0.1, 0.15) is 232 Å². The van der Waals surface area contributed by atoms with Crippen LogP contribution < -0.4 is 10.6 Å². The number of nitrogens with one attached hydrogen (secondary N) is 2. The number of amides is 2. The first-order valence-electron chi connectivity index (χ1n) is 23.7. The molecular formula is C48H88N2O7. The van der Waals surface area contributed by atoms with E-state index in [0.717, 1.165) is 64.2 Å². The summed E-state index contributed by atoms with van der Waals surface area (Å²) < 4.78 is 6.05. The second-order valence-electron chi connectivity index (χ2n) is 16.2. The van der Waals surface area contributed by atoms with Gasteiger partial charge in [-0.3, -0.25) is 14.4 Å². The summed E-state index contributed by atoms with van der Waals surface area (Å²) in [4.78, 5) is 47.7. The number of ether oxygens (including phenoxy) is 1. The van der Waals surface area contributed by atoms with Crippen LogP contribution in [-0.2, 0) is 23.9 Å². The van der Waals surface area contributed by atoms with E-state index >= 15 is 0 Å². The van der Waals surface area contributed by atoms with E-state index in [1.165, 1.54) is 135 Å². The SMILES string of the molecule is CCCCC/C=C\C/C=C\CCCCCCCCCC(=O)OC(CCCCCCCCCCCCCC)CCCCCCCC(=O)NCC(=O)NC(CO)C(=O)O. The Morgan fingerprint density at radius 2 is 0.947 bits per heavy atom. The first kappa shape index (κ1) is 54.3. The van der Waals surface area contributed by atoms with Crippen molar-refractivity contribution in [2.24, 2.45) is 0 Å². The molecule has 57 heavy (non-hydrogen) atoms. The lowest BCUT2D eigenvalue weighted by molar-refractivity contribution is -0.150. The van der Waals surface area contributed by atoms with Crippen LogP contribution in [-0.4, -0.2) is 59.3 Å². The minimum atomic E-state index is -1.38. The molecule has 0 rings (SSSR count). The second kappa shape index (κ2) is 42.9. The van der Waals surface area contributed by atoms with Gasteiger partial charge in [0.15, 0.2) is 0 Å². The lowest BCUT2D eigenvalue weighted by Crippen LogP contribution is -2.47. The average Bonchev–Trinajstić information content (AvgIpc) is 3.20. The maximum absolute atomic E-state index is 12.8. The molecule has 2 unspecified atom stereocenters. The summed E-state index contributed by atoms with van der Waals surface area (Å²) in [5.74, 6) is -2.29. The van der Waals surface area contributed by atoms with Crippen LogP contribution in [0.5, 0.6) is 0 Å². The zero-order chi connectivity index (χ0) is 41.9. The lowest BCUT2D eigenvalue weighted by Gasteiger charge is -2.18. The highest BCUT2D eigenvalue weighted by atomic mass is 16.5. The van der Waals surface area contributed by atoms with Crippen LogP contribution in [0, 0.1) is 0 Å². The number of aliphatic carboxylic acids is 1. The predicted molar refractivity (Wildman–Crippen MR) is 236 cm³/mol. The minimum absolute atomic E-state index is 0.0139. The zero-order valence-corrected chi connectivity index (χ0v) is 36.9. The quantitative estimate of drug-likeness (QED) is 0.0273. The molecule has 0 aliphatic heterocycles. The summed E-state index contributed by atoms with van der Waals surface area (Å²) in [5, 5.41) is 22.6. The van der Waals surface area contributed by atoms with Crippen molar-refractivity contribution in [3.63, 3.8) is 0 Å². The van der Waals surface area contributed by atoms with Gasteiger partial charge in [0.1, 0.15) is 12.1 Å². The Morgan fingerprint density at radius 3 is 1.44 bits per heavy atom. The lowest BCUT2D eigenvalue weighted by atomic mass is 10.0. The van der Waals surface area contributed by atoms with Gasteiger partial charge < -0.3 is 25.6 Å². The molecule has 0 aromatic rings. The molecule has 2 amide bonds. The molecule has 9 nitrogen and oxygen atoms in total. The Labute approximate surface area is 349 Å². The first-order chi connectivity index (χ1) is 27.8. The van der Waals surface area contributed by atoms with Crippen LogP contribution in [0.3, 0.4) is 0 Å². The summed E-state index contributed by atoms with van der Waals surface area (Å²) in [7, 11) is 0. The third kappa shape index (κ3) is 39.9. The van der Waals surface area contributed by atoms with Crippen molar-refractivity contribution >= 4 is 23.8 Å². The van der Waals surface area contributed by atoms with Gasteiger partial charge in [-0.15, -0.1) is 0 Å². The molecule has 0 fully saturated rings. The second-order valence-corrected chi connectivity index (χ2v) is 16.2. The van der Waals surface area contributed by atoms with E-state index in [9.17, 15) is 19.2 Å². The largest absolute Gasteiger partial charge is 0.480 e. The monoisotopic (exact) mass is 805 g/mol. The van der Waals surface area contributed by atoms with E-state index in [-0.39, 0.29) is 24.5 Å². The van der Waals surface area contributed by atoms with Crippen molar-refractivity contribution in [1.29, 1.82) is 0 Å². The summed E-state index contributed by atoms with van der Waals surface area (Å²) in [6.45, 7) is 3.48. The number of unbranched alkanes of at least 4 members (excludes halogenated alkanes) is 25. The smallest absolute Gasteiger partial charge is 0.328 e. The van der Waals surface area contributed by atoms with Crippen LogP contribution >= 0.6 is 0 Å². The highest BCUT2D eigenvalue weighted by molar-refractivity contribution is 5.87. The molecule has 0 aromatic heterocycles. The summed E-state index contributed by atoms with van der Waals surface area (Å²) in [6, 6.07) is -1.38. The summed E-state index contributed by atoms with van der Waals surface area (Å²) in [5.41, 5.74) is 0. The van der Waals surface area contributed by atoms with Gasteiger partial charge in [0.25, 0.3) is 0 Å². The Morgan fingerprint density at radius 1 is 0.526 bits per heavy atom.